The van der Waals surface area contributed by atoms with Gasteiger partial charge in [-0.2, -0.15) is 0 Å². The fourth-order valence-electron chi connectivity index (χ4n) is 0.657. The first-order valence-corrected chi connectivity index (χ1v) is 3.49. The Morgan fingerprint density at radius 1 is 1.31 bits per heavy atom. The first-order chi connectivity index (χ1) is 5.91. The topological polar surface area (TPSA) is 147 Å². The Hall–Kier alpha value is -1.02. The van der Waals surface area contributed by atoms with Crippen LogP contribution in [0.3, 0.4) is 0 Å². The zero-order valence-corrected chi connectivity index (χ0v) is 6.75. The summed E-state index contributed by atoms with van der Waals surface area (Å²) in [5.41, 5.74) is 10.4. The van der Waals surface area contributed by atoms with Gasteiger partial charge in [-0.05, 0) is 0 Å². The number of aliphatic hydroxyl groups excluding tert-OH is 2. The molecule has 7 nitrogen and oxygen atoms in total. The summed E-state index contributed by atoms with van der Waals surface area (Å²) < 4.78 is 0. The van der Waals surface area contributed by atoms with Crippen LogP contribution in [-0.2, 0) is 9.59 Å². The maximum atomic E-state index is 10.6. The highest BCUT2D eigenvalue weighted by Gasteiger charge is 2.31. The van der Waals surface area contributed by atoms with E-state index >= 15 is 0 Å². The maximum absolute atomic E-state index is 10.6. The summed E-state index contributed by atoms with van der Waals surface area (Å²) in [6.07, 6.45) is -1.89. The smallest absolute Gasteiger partial charge is 0.375 e. The highest BCUT2D eigenvalue weighted by molar-refractivity contribution is 6.34. The first kappa shape index (κ1) is 12.0. The van der Waals surface area contributed by atoms with Crippen molar-refractivity contribution in [2.45, 2.75) is 18.2 Å². The summed E-state index contributed by atoms with van der Waals surface area (Å²) in [5.74, 6) is -3.22. The Morgan fingerprint density at radius 2 is 1.77 bits per heavy atom. The molecule has 7 N–H and O–H groups in total. The Labute approximate surface area is 73.9 Å². The molecule has 0 heterocycles. The van der Waals surface area contributed by atoms with Crippen LogP contribution in [-0.4, -0.2) is 51.9 Å². The Morgan fingerprint density at radius 3 is 2.08 bits per heavy atom. The van der Waals surface area contributed by atoms with Gasteiger partial charge in [0.2, 0.25) is 0 Å². The number of carbonyl (C=O) groups is 2. The molecule has 0 fully saturated rings. The lowest BCUT2D eigenvalue weighted by Gasteiger charge is -2.20. The number of carbonyl (C=O) groups excluding carboxylic acids is 1. The standard InChI is InChI=1S/C6H12N2O5/c7-2(1-9)3(8)4(10)5(11)6(12)13/h2-4,9-10H,1,7-8H2,(H,12,13)/t2-,3+,4-/m0/s1. The van der Waals surface area contributed by atoms with Crippen LogP contribution < -0.4 is 11.5 Å². The molecule has 0 saturated heterocycles. The lowest BCUT2D eigenvalue weighted by Crippen LogP contribution is -2.55. The van der Waals surface area contributed by atoms with Crippen molar-refractivity contribution in [3.63, 3.8) is 0 Å². The average molecular weight is 192 g/mol. The molecule has 7 heteroatoms. The molecule has 76 valence electrons. The van der Waals surface area contributed by atoms with Crippen LogP contribution >= 0.6 is 0 Å². The molecular weight excluding hydrogens is 180 g/mol. The van der Waals surface area contributed by atoms with Crippen molar-refractivity contribution in [2.24, 2.45) is 11.5 Å². The number of nitrogens with two attached hydrogens (primary N) is 2. The predicted molar refractivity (Wildman–Crippen MR) is 41.7 cm³/mol. The van der Waals surface area contributed by atoms with Crippen LogP contribution in [0, 0.1) is 0 Å². The minimum absolute atomic E-state index is 0.537. The summed E-state index contributed by atoms with van der Waals surface area (Å²) in [6, 6.07) is -2.31. The highest BCUT2D eigenvalue weighted by Crippen LogP contribution is 1.96. The number of Topliss-reactive ketones (excluding diaryl/α,β-unsaturated/α-hetero) is 1. The summed E-state index contributed by atoms with van der Waals surface area (Å²) in [7, 11) is 0. The van der Waals surface area contributed by atoms with Crippen LogP contribution in [0.1, 0.15) is 0 Å². The second kappa shape index (κ2) is 4.87. The van der Waals surface area contributed by atoms with Crippen LogP contribution in [0.15, 0.2) is 0 Å². The zero-order valence-electron chi connectivity index (χ0n) is 6.75. The Bertz CT molecular complexity index is 207. The quantitative estimate of drug-likeness (QED) is 0.286. The number of ketones is 1. The molecule has 0 aliphatic carbocycles. The molecule has 0 aromatic carbocycles. The van der Waals surface area contributed by atoms with Crippen LogP contribution in [0.5, 0.6) is 0 Å². The van der Waals surface area contributed by atoms with Crippen molar-refractivity contribution in [3.05, 3.63) is 0 Å². The molecule has 13 heavy (non-hydrogen) atoms. The van der Waals surface area contributed by atoms with E-state index in [4.69, 9.17) is 26.8 Å². The molecule has 0 aliphatic rings. The van der Waals surface area contributed by atoms with E-state index in [2.05, 4.69) is 0 Å². The van der Waals surface area contributed by atoms with Crippen LogP contribution in [0.25, 0.3) is 0 Å². The lowest BCUT2D eigenvalue weighted by molar-refractivity contribution is -0.153. The fourth-order valence-corrected chi connectivity index (χ4v) is 0.657. The molecule has 0 aromatic rings. The molecule has 0 amide bonds. The predicted octanol–water partition coefficient (Wildman–Crippen LogP) is -3.35. The van der Waals surface area contributed by atoms with Gasteiger partial charge in [-0.25, -0.2) is 4.79 Å². The van der Waals surface area contributed by atoms with E-state index in [-0.39, 0.29) is 0 Å². The monoisotopic (exact) mass is 192 g/mol. The van der Waals surface area contributed by atoms with E-state index in [1.165, 1.54) is 0 Å². The number of hydrogen-bond donors (Lipinski definition) is 5. The van der Waals surface area contributed by atoms with Gasteiger partial charge in [-0.15, -0.1) is 0 Å². The van der Waals surface area contributed by atoms with Gasteiger partial charge in [0.1, 0.15) is 6.10 Å². The third-order valence-corrected chi connectivity index (χ3v) is 1.55. The van der Waals surface area contributed by atoms with Gasteiger partial charge in [0.25, 0.3) is 5.78 Å². The normalized spacial score (nSPS) is 17.5. The second-order valence-corrected chi connectivity index (χ2v) is 2.54. The van der Waals surface area contributed by atoms with E-state index in [1.54, 1.807) is 0 Å². The number of carboxylic acids is 1. The van der Waals surface area contributed by atoms with Gasteiger partial charge in [-0.1, -0.05) is 0 Å². The molecule has 0 bridgehead atoms. The molecule has 0 aromatic heterocycles. The van der Waals surface area contributed by atoms with Crippen molar-refractivity contribution in [1.82, 2.24) is 0 Å². The SMILES string of the molecule is N[C@@H]([C@H](O)C(=O)C(=O)O)[C@@H](N)CO. The minimum Gasteiger partial charge on any atom is -0.475 e. The Balaban J connectivity index is 4.33. The van der Waals surface area contributed by atoms with Gasteiger partial charge < -0.3 is 26.8 Å². The molecule has 0 saturated carbocycles. The minimum atomic E-state index is -1.89. The van der Waals surface area contributed by atoms with Gasteiger partial charge in [0.15, 0.2) is 0 Å². The first-order valence-electron chi connectivity index (χ1n) is 3.49. The summed E-state index contributed by atoms with van der Waals surface area (Å²) in [5, 5.41) is 25.7. The molecule has 0 rings (SSSR count). The summed E-state index contributed by atoms with van der Waals surface area (Å²) in [4.78, 5) is 20.7. The lowest BCUT2D eigenvalue weighted by atomic mass is 10.0. The number of aliphatic carboxylic acids is 1. The van der Waals surface area contributed by atoms with Crippen LogP contribution in [0.2, 0.25) is 0 Å². The zero-order chi connectivity index (χ0) is 10.6. The fraction of sp³-hybridized carbons (Fsp3) is 0.667. The number of aliphatic hydroxyl groups is 2. The van der Waals surface area contributed by atoms with Crippen molar-refractivity contribution >= 4 is 11.8 Å². The third-order valence-electron chi connectivity index (χ3n) is 1.55. The second-order valence-electron chi connectivity index (χ2n) is 2.54. The average Bonchev–Trinajstić information content (AvgIpc) is 2.12. The van der Waals surface area contributed by atoms with Crippen molar-refractivity contribution < 1.29 is 24.9 Å². The van der Waals surface area contributed by atoms with E-state index in [1.807, 2.05) is 0 Å². The van der Waals surface area contributed by atoms with E-state index in [0.29, 0.717) is 0 Å². The van der Waals surface area contributed by atoms with Gasteiger partial charge >= 0.3 is 5.97 Å². The molecule has 0 aliphatic heterocycles. The van der Waals surface area contributed by atoms with E-state index in [9.17, 15) is 9.59 Å². The molecule has 0 unspecified atom stereocenters. The third kappa shape index (κ3) is 3.07. The maximum Gasteiger partial charge on any atom is 0.375 e. The number of hydrogen-bond acceptors (Lipinski definition) is 6. The van der Waals surface area contributed by atoms with Gasteiger partial charge in [0.05, 0.1) is 12.6 Å². The van der Waals surface area contributed by atoms with Crippen molar-refractivity contribution in [1.29, 1.82) is 0 Å². The number of rotatable bonds is 5. The van der Waals surface area contributed by atoms with Crippen LogP contribution in [0.4, 0.5) is 0 Å². The molecule has 3 atom stereocenters. The highest BCUT2D eigenvalue weighted by atomic mass is 16.4. The van der Waals surface area contributed by atoms with Gasteiger partial charge in [-0.3, -0.25) is 4.79 Å². The summed E-state index contributed by atoms with van der Waals surface area (Å²) in [6.45, 7) is -0.537. The largest absolute Gasteiger partial charge is 0.475 e. The summed E-state index contributed by atoms with van der Waals surface area (Å²) >= 11 is 0. The van der Waals surface area contributed by atoms with E-state index in [0.717, 1.165) is 0 Å². The Kier molecular flexibility index (Phi) is 4.49. The van der Waals surface area contributed by atoms with Crippen molar-refractivity contribution in [2.75, 3.05) is 6.61 Å². The molecule has 0 radical (unpaired) electrons. The van der Waals surface area contributed by atoms with Gasteiger partial charge in [0, 0.05) is 6.04 Å². The van der Waals surface area contributed by atoms with Crippen molar-refractivity contribution in [3.8, 4) is 0 Å². The molecule has 0 spiro atoms. The van der Waals surface area contributed by atoms with E-state index < -0.39 is 36.5 Å². The number of carboxylic acid groups (broad SMARTS) is 1. The molecular formula is C6H12N2O5.